The van der Waals surface area contributed by atoms with Crippen LogP contribution in [-0.4, -0.2) is 34.4 Å². The van der Waals surface area contributed by atoms with Crippen LogP contribution in [0.1, 0.15) is 49.8 Å². The summed E-state index contributed by atoms with van der Waals surface area (Å²) in [6.45, 7) is 4.35. The molecule has 0 aliphatic rings. The number of oxime groups is 1. The molecule has 0 amide bonds. The minimum absolute atomic E-state index is 0.104. The number of phenolic OH excluding ortho intramolecular Hbond substituents is 1. The Morgan fingerprint density at radius 2 is 2.03 bits per heavy atom. The molecule has 2 aromatic carbocycles. The zero-order valence-corrected chi connectivity index (χ0v) is 19.3. The number of carbonyl (C=O) groups excluding carboxylic acids is 1. The molecule has 0 heterocycles. The Kier molecular flexibility index (Phi) is 10.0. The smallest absolute Gasteiger partial charge is 0.131 e. The Hall–Kier alpha value is -2.38. The summed E-state index contributed by atoms with van der Waals surface area (Å²) in [6, 6.07) is 8.72. The summed E-state index contributed by atoms with van der Waals surface area (Å²) in [4.78, 5) is 11.6. The van der Waals surface area contributed by atoms with E-state index in [0.717, 1.165) is 23.5 Å². The summed E-state index contributed by atoms with van der Waals surface area (Å²) in [7, 11) is 0. The van der Waals surface area contributed by atoms with Gasteiger partial charge >= 0.3 is 0 Å². The minimum atomic E-state index is -1.13. The number of carboxylic acid groups (broad SMARTS) is 1. The molecule has 0 fully saturated rings. The second kappa shape index (κ2) is 12.5. The van der Waals surface area contributed by atoms with Gasteiger partial charge in [-0.1, -0.05) is 43.1 Å². The molecule has 0 saturated carbocycles. The summed E-state index contributed by atoms with van der Waals surface area (Å²) in [5.41, 5.74) is 2.28. The van der Waals surface area contributed by atoms with Gasteiger partial charge in [-0.3, -0.25) is 0 Å². The summed E-state index contributed by atoms with van der Waals surface area (Å²) < 4.78 is 5.92. The van der Waals surface area contributed by atoms with Crippen molar-refractivity contribution in [2.24, 2.45) is 5.16 Å². The molecule has 0 radical (unpaired) electrons. The molecule has 0 aliphatic heterocycles. The van der Waals surface area contributed by atoms with Crippen molar-refractivity contribution in [1.29, 1.82) is 0 Å². The number of aromatic hydroxyl groups is 1. The summed E-state index contributed by atoms with van der Waals surface area (Å²) in [5, 5.41) is 34.3. The van der Waals surface area contributed by atoms with Gasteiger partial charge in [0.15, 0.2) is 0 Å². The first kappa shape index (κ1) is 24.9. The van der Waals surface area contributed by atoms with E-state index in [2.05, 4.69) is 5.16 Å². The van der Waals surface area contributed by atoms with Crippen molar-refractivity contribution in [3.05, 3.63) is 52.0 Å². The van der Waals surface area contributed by atoms with E-state index < -0.39 is 5.97 Å². The highest BCUT2D eigenvalue weighted by Gasteiger charge is 2.16. The molecule has 0 spiro atoms. The predicted molar refractivity (Wildman–Crippen MR) is 122 cm³/mol. The minimum Gasteiger partial charge on any atom is -0.550 e. The predicted octanol–water partition coefficient (Wildman–Crippen LogP) is 4.44. The van der Waals surface area contributed by atoms with Gasteiger partial charge in [0.25, 0.3) is 0 Å². The monoisotopic (exact) mass is 464 g/mol. The Morgan fingerprint density at radius 3 is 2.65 bits per heavy atom. The average Bonchev–Trinajstić information content (AvgIpc) is 2.73. The molecule has 2 rings (SSSR count). The van der Waals surface area contributed by atoms with Gasteiger partial charge in [-0.05, 0) is 49.1 Å². The summed E-state index contributed by atoms with van der Waals surface area (Å²) in [6.07, 6.45) is 2.60. The second-order valence-electron chi connectivity index (χ2n) is 6.95. The highest BCUT2D eigenvalue weighted by Crippen LogP contribution is 2.34. The Balaban J connectivity index is 1.95. The van der Waals surface area contributed by atoms with E-state index in [4.69, 9.17) is 21.5 Å². The molecular formula is C23H27ClNO5S-. The van der Waals surface area contributed by atoms with Crippen LogP contribution in [-0.2, 0) is 17.6 Å². The first-order chi connectivity index (χ1) is 14.9. The number of aliphatic carboxylic acids is 1. The number of benzene rings is 2. The van der Waals surface area contributed by atoms with Crippen molar-refractivity contribution in [2.75, 3.05) is 12.4 Å². The largest absolute Gasteiger partial charge is 0.550 e. The quantitative estimate of drug-likeness (QED) is 0.158. The van der Waals surface area contributed by atoms with Crippen LogP contribution < -0.4 is 9.84 Å². The lowest BCUT2D eigenvalue weighted by Crippen LogP contribution is -2.24. The number of ether oxygens (including phenoxy) is 1. The maximum atomic E-state index is 10.7. The normalized spacial score (nSPS) is 11.5. The number of nitrogens with zero attached hydrogens (tertiary/aromatic N) is 1. The maximum Gasteiger partial charge on any atom is 0.131 e. The lowest BCUT2D eigenvalue weighted by molar-refractivity contribution is -0.304. The van der Waals surface area contributed by atoms with Crippen LogP contribution >= 0.6 is 23.4 Å². The molecule has 0 aliphatic carbocycles. The lowest BCUT2D eigenvalue weighted by Gasteiger charge is -2.16. The average molecular weight is 465 g/mol. The Labute approximate surface area is 191 Å². The van der Waals surface area contributed by atoms with Crippen LogP contribution in [0.2, 0.25) is 5.02 Å². The molecule has 2 aromatic rings. The van der Waals surface area contributed by atoms with E-state index in [9.17, 15) is 15.0 Å². The van der Waals surface area contributed by atoms with Crippen LogP contribution in [0, 0.1) is 0 Å². The number of hydrogen-bond acceptors (Lipinski definition) is 7. The van der Waals surface area contributed by atoms with Crippen molar-refractivity contribution in [1.82, 2.24) is 0 Å². The van der Waals surface area contributed by atoms with Gasteiger partial charge in [0.1, 0.15) is 11.5 Å². The standard InChI is InChI=1S/C23H28ClNO5S/c1-3-6-17-20(9-8-16(23(17)28)19(4-2)25-29)30-11-5-12-31-21-10-7-15(13-18(21)24)14-22(26)27/h7-10,13,28-29H,3-6,11-12,14H2,1-2H3,(H,26,27)/p-1/b25-19+. The van der Waals surface area contributed by atoms with E-state index in [-0.39, 0.29) is 12.2 Å². The van der Waals surface area contributed by atoms with E-state index in [0.29, 0.717) is 52.6 Å². The van der Waals surface area contributed by atoms with E-state index in [1.165, 1.54) is 0 Å². The zero-order chi connectivity index (χ0) is 22.8. The van der Waals surface area contributed by atoms with Gasteiger partial charge in [-0.25, -0.2) is 0 Å². The van der Waals surface area contributed by atoms with Gasteiger partial charge in [0.2, 0.25) is 0 Å². The highest BCUT2D eigenvalue weighted by molar-refractivity contribution is 7.99. The van der Waals surface area contributed by atoms with Gasteiger partial charge < -0.3 is 25.0 Å². The molecular weight excluding hydrogens is 438 g/mol. The van der Waals surface area contributed by atoms with Gasteiger partial charge in [-0.15, -0.1) is 11.8 Å². The molecule has 0 unspecified atom stereocenters. The van der Waals surface area contributed by atoms with Crippen molar-refractivity contribution < 1.29 is 25.0 Å². The number of carbonyl (C=O) groups is 1. The second-order valence-corrected chi connectivity index (χ2v) is 8.50. The number of rotatable bonds is 12. The molecule has 6 nitrogen and oxygen atoms in total. The Morgan fingerprint density at radius 1 is 1.26 bits per heavy atom. The third-order valence-corrected chi connectivity index (χ3v) is 6.24. The lowest BCUT2D eigenvalue weighted by atomic mass is 9.99. The molecule has 0 atom stereocenters. The van der Waals surface area contributed by atoms with Crippen molar-refractivity contribution in [3.63, 3.8) is 0 Å². The SMILES string of the molecule is CCCc1c(OCCCSc2ccc(CC(=O)[O-])cc2Cl)ccc(/C(CC)=N/O)c1O. The first-order valence-electron chi connectivity index (χ1n) is 10.2. The van der Waals surface area contributed by atoms with Crippen LogP contribution in [0.4, 0.5) is 0 Å². The molecule has 168 valence electrons. The number of phenols is 1. The van der Waals surface area contributed by atoms with Gasteiger partial charge in [0, 0.05) is 34.2 Å². The zero-order valence-electron chi connectivity index (χ0n) is 17.7. The molecule has 0 saturated heterocycles. The number of carboxylic acids is 1. The molecule has 31 heavy (non-hydrogen) atoms. The Bertz CT molecular complexity index is 932. The fraction of sp³-hybridized carbons (Fsp3) is 0.391. The van der Waals surface area contributed by atoms with Crippen LogP contribution in [0.5, 0.6) is 11.5 Å². The third kappa shape index (κ3) is 7.08. The number of thioether (sulfide) groups is 1. The third-order valence-electron chi connectivity index (χ3n) is 4.65. The van der Waals surface area contributed by atoms with E-state index in [1.807, 2.05) is 19.9 Å². The molecule has 8 heteroatoms. The topological polar surface area (TPSA) is 102 Å². The molecule has 0 bridgehead atoms. The van der Waals surface area contributed by atoms with Crippen LogP contribution in [0.15, 0.2) is 40.4 Å². The number of hydrogen-bond donors (Lipinski definition) is 2. The molecule has 2 N–H and O–H groups in total. The van der Waals surface area contributed by atoms with E-state index >= 15 is 0 Å². The van der Waals surface area contributed by atoms with Crippen LogP contribution in [0.25, 0.3) is 0 Å². The van der Waals surface area contributed by atoms with Crippen LogP contribution in [0.3, 0.4) is 0 Å². The first-order valence-corrected chi connectivity index (χ1v) is 11.6. The fourth-order valence-electron chi connectivity index (χ4n) is 3.15. The number of halogens is 1. The maximum absolute atomic E-state index is 10.7. The van der Waals surface area contributed by atoms with Crippen molar-refractivity contribution >= 4 is 35.0 Å². The van der Waals surface area contributed by atoms with Gasteiger partial charge in [0.05, 0.1) is 17.3 Å². The highest BCUT2D eigenvalue weighted by atomic mass is 35.5. The molecule has 0 aromatic heterocycles. The summed E-state index contributed by atoms with van der Waals surface area (Å²) >= 11 is 7.81. The fourth-order valence-corrected chi connectivity index (χ4v) is 4.36. The van der Waals surface area contributed by atoms with Crippen molar-refractivity contribution in [3.8, 4) is 11.5 Å². The van der Waals surface area contributed by atoms with Crippen molar-refractivity contribution in [2.45, 2.75) is 50.8 Å². The van der Waals surface area contributed by atoms with Gasteiger partial charge in [-0.2, -0.15) is 0 Å². The summed E-state index contributed by atoms with van der Waals surface area (Å²) in [5.74, 6) is 0.367. The van der Waals surface area contributed by atoms with E-state index in [1.54, 1.807) is 36.0 Å².